The van der Waals surface area contributed by atoms with Crippen LogP contribution in [0, 0.1) is 0 Å². The monoisotopic (exact) mass is 460 g/mol. The number of H-pyrrole nitrogens is 1. The van der Waals surface area contributed by atoms with Crippen LogP contribution in [0.15, 0.2) is 37.4 Å². The zero-order valence-electron chi connectivity index (χ0n) is 9.89. The average Bonchev–Trinajstić information content (AvgIpc) is 2.87. The molecule has 17 heavy (non-hydrogen) atoms. The maximum absolute atomic E-state index is 3.03. The topological polar surface area (TPSA) is 28.5 Å². The first-order valence-corrected chi connectivity index (χ1v) is 5.45. The molecule has 0 bridgehead atoms. The summed E-state index contributed by atoms with van der Waals surface area (Å²) in [6.45, 7) is 4.19. The molecular formula is C11H18I2N4. The smallest absolute Gasteiger partial charge is 0.246 e. The molecule has 0 atom stereocenters. The van der Waals surface area contributed by atoms with E-state index in [9.17, 15) is 0 Å². The molecule has 6 heteroatoms. The lowest BCUT2D eigenvalue weighted by Gasteiger charge is -1.92. The minimum atomic E-state index is 0. The van der Waals surface area contributed by atoms with E-state index in [1.807, 2.05) is 18.7 Å². The van der Waals surface area contributed by atoms with Crippen LogP contribution in [-0.2, 0) is 13.2 Å². The molecular weight excluding hydrogens is 442 g/mol. The van der Waals surface area contributed by atoms with Crippen LogP contribution in [0.4, 0.5) is 0 Å². The van der Waals surface area contributed by atoms with Gasteiger partial charge in [0.15, 0.2) is 0 Å². The predicted molar refractivity (Wildman–Crippen MR) is 55.9 cm³/mol. The predicted octanol–water partition coefficient (Wildman–Crippen LogP) is -5.29. The van der Waals surface area contributed by atoms with Gasteiger partial charge in [-0.05, 0) is 6.42 Å². The number of aromatic nitrogens is 4. The first kappa shape index (κ1) is 16.9. The number of rotatable bonds is 5. The summed E-state index contributed by atoms with van der Waals surface area (Å²) >= 11 is 0. The summed E-state index contributed by atoms with van der Waals surface area (Å²) in [6, 6.07) is 0. The van der Waals surface area contributed by atoms with E-state index in [0.29, 0.717) is 0 Å². The SMILES string of the molecule is CCCCn1cc[n+](C[n+]2cc[nH]c2)c1.[I-].[I-]. The summed E-state index contributed by atoms with van der Waals surface area (Å²) in [4.78, 5) is 3.03. The van der Waals surface area contributed by atoms with Crippen molar-refractivity contribution in [2.24, 2.45) is 0 Å². The van der Waals surface area contributed by atoms with Crippen molar-refractivity contribution in [1.82, 2.24) is 9.55 Å². The highest BCUT2D eigenvalue weighted by Gasteiger charge is 2.05. The van der Waals surface area contributed by atoms with Crippen molar-refractivity contribution >= 4 is 0 Å². The van der Waals surface area contributed by atoms with Crippen LogP contribution in [-0.4, -0.2) is 9.55 Å². The van der Waals surface area contributed by atoms with Crippen molar-refractivity contribution in [3.63, 3.8) is 0 Å². The standard InChI is InChI=1S/C11H17N4.2HI/c1-2-3-5-13-7-8-15(10-13)11-14-6-4-12-9-14;;/h4,6-10H,2-3,5,11H2,1H3;2*1H/q+1;;/p-1. The van der Waals surface area contributed by atoms with E-state index in [-0.39, 0.29) is 48.0 Å². The van der Waals surface area contributed by atoms with Crippen molar-refractivity contribution in [2.75, 3.05) is 0 Å². The van der Waals surface area contributed by atoms with Crippen molar-refractivity contribution in [1.29, 1.82) is 0 Å². The van der Waals surface area contributed by atoms with Crippen LogP contribution in [0.3, 0.4) is 0 Å². The number of hydrogen-bond donors (Lipinski definition) is 1. The molecule has 2 heterocycles. The number of nitrogens with one attached hydrogen (secondary N) is 1. The molecule has 0 fully saturated rings. The Morgan fingerprint density at radius 2 is 2.00 bits per heavy atom. The number of unbranched alkanes of at least 4 members (excludes halogenated alkanes) is 1. The molecule has 0 saturated heterocycles. The number of aromatic amines is 1. The van der Waals surface area contributed by atoms with Gasteiger partial charge in [0.1, 0.15) is 24.8 Å². The molecule has 0 amide bonds. The van der Waals surface area contributed by atoms with Crippen molar-refractivity contribution in [3.8, 4) is 0 Å². The Balaban J connectivity index is 0.00000128. The van der Waals surface area contributed by atoms with E-state index in [1.165, 1.54) is 12.8 Å². The first-order valence-electron chi connectivity index (χ1n) is 5.45. The second kappa shape index (κ2) is 8.90. The van der Waals surface area contributed by atoms with Crippen molar-refractivity contribution in [3.05, 3.63) is 37.4 Å². The molecule has 2 aromatic heterocycles. The Hall–Kier alpha value is -0.120. The molecule has 2 rings (SSSR count). The van der Waals surface area contributed by atoms with Gasteiger partial charge in [0.05, 0.1) is 6.54 Å². The highest BCUT2D eigenvalue weighted by atomic mass is 127. The minimum absolute atomic E-state index is 0. The van der Waals surface area contributed by atoms with Crippen LogP contribution in [0.1, 0.15) is 19.8 Å². The molecule has 0 unspecified atom stereocenters. The Morgan fingerprint density at radius 1 is 1.18 bits per heavy atom. The molecule has 0 aliphatic carbocycles. The molecule has 1 N–H and O–H groups in total. The fourth-order valence-electron chi connectivity index (χ4n) is 1.59. The van der Waals surface area contributed by atoms with Gasteiger partial charge in [-0.2, -0.15) is 9.13 Å². The maximum atomic E-state index is 3.03. The van der Waals surface area contributed by atoms with Crippen LogP contribution in [0.2, 0.25) is 0 Å². The average molecular weight is 460 g/mol. The lowest BCUT2D eigenvalue weighted by molar-refractivity contribution is -0.912. The van der Waals surface area contributed by atoms with E-state index in [2.05, 4.69) is 44.3 Å². The number of hydrogen-bond acceptors (Lipinski definition) is 0. The molecule has 0 saturated carbocycles. The van der Waals surface area contributed by atoms with Gasteiger partial charge in [-0.1, -0.05) is 13.3 Å². The molecule has 0 radical (unpaired) electrons. The molecule has 96 valence electrons. The Kier molecular flexibility index (Phi) is 8.83. The highest BCUT2D eigenvalue weighted by molar-refractivity contribution is 4.65. The first-order chi connectivity index (χ1) is 7.38. The van der Waals surface area contributed by atoms with E-state index < -0.39 is 0 Å². The molecule has 0 spiro atoms. The van der Waals surface area contributed by atoms with E-state index in [0.717, 1.165) is 13.2 Å². The molecule has 2 aromatic rings. The minimum Gasteiger partial charge on any atom is -1.00 e. The van der Waals surface area contributed by atoms with E-state index in [4.69, 9.17) is 0 Å². The number of nitrogens with zero attached hydrogens (tertiary/aromatic N) is 3. The van der Waals surface area contributed by atoms with Crippen molar-refractivity contribution < 1.29 is 57.1 Å². The van der Waals surface area contributed by atoms with Gasteiger partial charge >= 0.3 is 0 Å². The summed E-state index contributed by atoms with van der Waals surface area (Å²) in [5, 5.41) is 0. The van der Waals surface area contributed by atoms with E-state index in [1.54, 1.807) is 0 Å². The third-order valence-corrected chi connectivity index (χ3v) is 2.45. The molecule has 0 aromatic carbocycles. The summed E-state index contributed by atoms with van der Waals surface area (Å²) in [5.74, 6) is 0. The second-order valence-electron chi connectivity index (χ2n) is 3.79. The van der Waals surface area contributed by atoms with Gasteiger partial charge in [0, 0.05) is 0 Å². The summed E-state index contributed by atoms with van der Waals surface area (Å²) in [6.07, 6.45) is 14.8. The van der Waals surface area contributed by atoms with Crippen LogP contribution in [0.5, 0.6) is 0 Å². The quantitative estimate of drug-likeness (QED) is 0.342. The molecule has 0 aliphatic rings. The Bertz CT molecular complexity index is 397. The fraction of sp³-hybridized carbons (Fsp3) is 0.455. The number of aryl methyl sites for hydroxylation is 1. The molecule has 0 aliphatic heterocycles. The molecule has 4 nitrogen and oxygen atoms in total. The van der Waals surface area contributed by atoms with Crippen molar-refractivity contribution in [2.45, 2.75) is 33.0 Å². The van der Waals surface area contributed by atoms with Gasteiger partial charge < -0.3 is 48.0 Å². The lowest BCUT2D eigenvalue weighted by Crippen LogP contribution is -3.00. The summed E-state index contributed by atoms with van der Waals surface area (Å²) < 4.78 is 6.50. The maximum Gasteiger partial charge on any atom is 0.246 e. The van der Waals surface area contributed by atoms with E-state index >= 15 is 0 Å². The number of imidazole rings is 2. The Labute approximate surface area is 136 Å². The number of halogens is 2. The normalized spacial score (nSPS) is 9.47. The van der Waals surface area contributed by atoms with Gasteiger partial charge in [0.2, 0.25) is 19.3 Å². The summed E-state index contributed by atoms with van der Waals surface area (Å²) in [5.41, 5.74) is 0. The largest absolute Gasteiger partial charge is 1.00 e. The highest BCUT2D eigenvalue weighted by Crippen LogP contribution is 1.92. The van der Waals surface area contributed by atoms with Crippen LogP contribution < -0.4 is 57.1 Å². The zero-order chi connectivity index (χ0) is 10.5. The zero-order valence-corrected chi connectivity index (χ0v) is 14.2. The van der Waals surface area contributed by atoms with Gasteiger partial charge in [0.25, 0.3) is 0 Å². The summed E-state index contributed by atoms with van der Waals surface area (Å²) in [7, 11) is 0. The fourth-order valence-corrected chi connectivity index (χ4v) is 1.59. The van der Waals surface area contributed by atoms with Crippen LogP contribution in [0.25, 0.3) is 0 Å². The lowest BCUT2D eigenvalue weighted by atomic mass is 10.3. The van der Waals surface area contributed by atoms with Gasteiger partial charge in [-0.3, -0.25) is 4.98 Å². The van der Waals surface area contributed by atoms with Gasteiger partial charge in [-0.15, -0.1) is 0 Å². The van der Waals surface area contributed by atoms with Gasteiger partial charge in [-0.25, -0.2) is 4.57 Å². The second-order valence-corrected chi connectivity index (χ2v) is 3.79. The Morgan fingerprint density at radius 3 is 2.65 bits per heavy atom. The van der Waals surface area contributed by atoms with Crippen LogP contribution >= 0.6 is 0 Å². The third kappa shape index (κ3) is 5.36. The third-order valence-electron chi connectivity index (χ3n) is 2.45.